The average Bonchev–Trinajstić information content (AvgIpc) is 2.84. The molecule has 6 nitrogen and oxygen atoms in total. The predicted molar refractivity (Wildman–Crippen MR) is 73.4 cm³/mol. The van der Waals surface area contributed by atoms with Gasteiger partial charge < -0.3 is 10.3 Å². The van der Waals surface area contributed by atoms with Gasteiger partial charge in [0.05, 0.1) is 6.20 Å². The van der Waals surface area contributed by atoms with E-state index in [0.29, 0.717) is 24.8 Å². The van der Waals surface area contributed by atoms with Gasteiger partial charge in [-0.15, -0.1) is 0 Å². The van der Waals surface area contributed by atoms with Crippen LogP contribution in [0.1, 0.15) is 25.6 Å². The second-order valence-electron chi connectivity index (χ2n) is 4.99. The molecule has 2 N–H and O–H groups in total. The summed E-state index contributed by atoms with van der Waals surface area (Å²) in [5.74, 6) is 1.20. The molecule has 1 aliphatic heterocycles. The Morgan fingerprint density at radius 2 is 2.16 bits per heavy atom. The van der Waals surface area contributed by atoms with Crippen LogP contribution in [0.4, 0.5) is 0 Å². The van der Waals surface area contributed by atoms with Gasteiger partial charge in [0.2, 0.25) is 0 Å². The van der Waals surface area contributed by atoms with Crippen molar-refractivity contribution in [1.82, 2.24) is 19.6 Å². The van der Waals surface area contributed by atoms with Gasteiger partial charge >= 0.3 is 0 Å². The van der Waals surface area contributed by atoms with Crippen molar-refractivity contribution in [1.29, 1.82) is 0 Å². The number of piperidine rings is 1. The van der Waals surface area contributed by atoms with E-state index in [-0.39, 0.29) is 5.03 Å². The second-order valence-corrected chi connectivity index (χ2v) is 6.89. The molecule has 7 heteroatoms. The quantitative estimate of drug-likeness (QED) is 0.836. The van der Waals surface area contributed by atoms with Crippen molar-refractivity contribution in [2.45, 2.75) is 31.7 Å². The molecular weight excluding hydrogens is 264 g/mol. The standard InChI is InChI=1S/C12H22N4O2S/c1-3-13-8-11-4-6-16(7-5-11)19(17,18)12-9-14-10(2)15-12/h9,11,13H,3-8H2,1-2H3,(H,14,15). The van der Waals surface area contributed by atoms with Crippen LogP contribution < -0.4 is 5.32 Å². The highest BCUT2D eigenvalue weighted by molar-refractivity contribution is 7.89. The minimum atomic E-state index is -3.39. The van der Waals surface area contributed by atoms with Gasteiger partial charge in [0, 0.05) is 13.1 Å². The van der Waals surface area contributed by atoms with E-state index in [2.05, 4.69) is 22.2 Å². The molecule has 108 valence electrons. The zero-order valence-corrected chi connectivity index (χ0v) is 12.3. The minimum Gasteiger partial charge on any atom is -0.332 e. The molecule has 19 heavy (non-hydrogen) atoms. The van der Waals surface area contributed by atoms with Crippen LogP contribution >= 0.6 is 0 Å². The molecule has 1 saturated heterocycles. The molecular formula is C12H22N4O2S. The first-order valence-corrected chi connectivity index (χ1v) is 8.20. The fourth-order valence-corrected chi connectivity index (χ4v) is 3.80. The number of sulfonamides is 1. The molecule has 2 rings (SSSR count). The van der Waals surface area contributed by atoms with E-state index >= 15 is 0 Å². The Balaban J connectivity index is 1.97. The lowest BCUT2D eigenvalue weighted by molar-refractivity contribution is 0.268. The minimum absolute atomic E-state index is 0.204. The average molecular weight is 286 g/mol. The highest BCUT2D eigenvalue weighted by atomic mass is 32.2. The molecule has 2 heterocycles. The Morgan fingerprint density at radius 1 is 1.47 bits per heavy atom. The van der Waals surface area contributed by atoms with Gasteiger partial charge in [0.25, 0.3) is 10.0 Å². The largest absolute Gasteiger partial charge is 0.332 e. The number of nitrogens with zero attached hydrogens (tertiary/aromatic N) is 2. The summed E-state index contributed by atoms with van der Waals surface area (Å²) in [4.78, 5) is 6.77. The summed E-state index contributed by atoms with van der Waals surface area (Å²) in [5.41, 5.74) is 0. The summed E-state index contributed by atoms with van der Waals surface area (Å²) in [6.45, 7) is 6.97. The normalized spacial score (nSPS) is 18.8. The number of aromatic nitrogens is 2. The lowest BCUT2D eigenvalue weighted by Crippen LogP contribution is -2.40. The number of imidazole rings is 1. The first kappa shape index (κ1) is 14.5. The molecule has 0 unspecified atom stereocenters. The summed E-state index contributed by atoms with van der Waals surface area (Å²) in [6, 6.07) is 0. The van der Waals surface area contributed by atoms with E-state index in [9.17, 15) is 8.42 Å². The molecule has 1 aliphatic rings. The molecule has 1 aromatic heterocycles. The summed E-state index contributed by atoms with van der Waals surface area (Å²) in [7, 11) is -3.39. The summed E-state index contributed by atoms with van der Waals surface area (Å²) in [6.07, 6.45) is 3.23. The Labute approximate surface area is 114 Å². The third-order valence-electron chi connectivity index (χ3n) is 3.55. The summed E-state index contributed by atoms with van der Waals surface area (Å²) >= 11 is 0. The van der Waals surface area contributed by atoms with Crippen molar-refractivity contribution in [3.63, 3.8) is 0 Å². The van der Waals surface area contributed by atoms with Crippen LogP contribution in [-0.2, 0) is 10.0 Å². The third kappa shape index (κ3) is 3.34. The van der Waals surface area contributed by atoms with E-state index in [1.54, 1.807) is 11.2 Å². The van der Waals surface area contributed by atoms with Crippen molar-refractivity contribution in [2.75, 3.05) is 26.2 Å². The van der Waals surface area contributed by atoms with E-state index in [1.807, 2.05) is 0 Å². The molecule has 0 bridgehead atoms. The van der Waals surface area contributed by atoms with Gasteiger partial charge in [-0.05, 0) is 38.8 Å². The van der Waals surface area contributed by atoms with Crippen LogP contribution in [0.2, 0.25) is 0 Å². The Hall–Kier alpha value is -0.920. The maximum atomic E-state index is 12.4. The zero-order chi connectivity index (χ0) is 13.9. The van der Waals surface area contributed by atoms with E-state index in [4.69, 9.17) is 0 Å². The molecule has 0 amide bonds. The zero-order valence-electron chi connectivity index (χ0n) is 11.5. The topological polar surface area (TPSA) is 78.1 Å². The number of H-pyrrole nitrogens is 1. The highest BCUT2D eigenvalue weighted by Gasteiger charge is 2.30. The smallest absolute Gasteiger partial charge is 0.260 e. The van der Waals surface area contributed by atoms with Crippen LogP contribution in [-0.4, -0.2) is 48.9 Å². The van der Waals surface area contributed by atoms with Gasteiger partial charge in [0.1, 0.15) is 5.82 Å². The number of aromatic amines is 1. The van der Waals surface area contributed by atoms with Gasteiger partial charge in [-0.25, -0.2) is 13.4 Å². The lowest BCUT2D eigenvalue weighted by atomic mass is 9.98. The van der Waals surface area contributed by atoms with Crippen LogP contribution in [0.15, 0.2) is 11.2 Å². The lowest BCUT2D eigenvalue weighted by Gasteiger charge is -2.30. The molecule has 1 fully saturated rings. The van der Waals surface area contributed by atoms with Crippen LogP contribution in [0.3, 0.4) is 0 Å². The molecule has 0 radical (unpaired) electrons. The van der Waals surface area contributed by atoms with E-state index < -0.39 is 10.0 Å². The summed E-state index contributed by atoms with van der Waals surface area (Å²) < 4.78 is 26.3. The number of hydrogen-bond acceptors (Lipinski definition) is 4. The fourth-order valence-electron chi connectivity index (χ4n) is 2.37. The van der Waals surface area contributed by atoms with Crippen LogP contribution in [0.5, 0.6) is 0 Å². The molecule has 1 aromatic rings. The van der Waals surface area contributed by atoms with Crippen LogP contribution in [0, 0.1) is 12.8 Å². The van der Waals surface area contributed by atoms with E-state index in [1.165, 1.54) is 6.20 Å². The van der Waals surface area contributed by atoms with Gasteiger partial charge in [-0.1, -0.05) is 6.92 Å². The first-order valence-electron chi connectivity index (χ1n) is 6.76. The Bertz CT molecular complexity index is 504. The molecule has 0 spiro atoms. The SMILES string of the molecule is CCNCC1CCN(S(=O)(=O)c2cnc(C)[nH]2)CC1. The van der Waals surface area contributed by atoms with Gasteiger partial charge in [-0.3, -0.25) is 0 Å². The number of hydrogen-bond donors (Lipinski definition) is 2. The summed E-state index contributed by atoms with van der Waals surface area (Å²) in [5, 5.41) is 3.53. The Morgan fingerprint density at radius 3 is 2.68 bits per heavy atom. The maximum absolute atomic E-state index is 12.4. The number of rotatable bonds is 5. The third-order valence-corrected chi connectivity index (χ3v) is 5.36. The van der Waals surface area contributed by atoms with Gasteiger partial charge in [0.15, 0.2) is 5.03 Å². The first-order chi connectivity index (χ1) is 9.04. The van der Waals surface area contributed by atoms with Crippen LogP contribution in [0.25, 0.3) is 0 Å². The van der Waals surface area contributed by atoms with Gasteiger partial charge in [-0.2, -0.15) is 4.31 Å². The predicted octanol–water partition coefficient (Wildman–Crippen LogP) is 0.728. The van der Waals surface area contributed by atoms with E-state index in [0.717, 1.165) is 25.9 Å². The number of nitrogens with one attached hydrogen (secondary N) is 2. The molecule has 0 atom stereocenters. The van der Waals surface area contributed by atoms with Crippen molar-refractivity contribution in [3.05, 3.63) is 12.0 Å². The second kappa shape index (κ2) is 6.02. The van der Waals surface area contributed by atoms with Crippen molar-refractivity contribution < 1.29 is 8.42 Å². The molecule has 0 saturated carbocycles. The molecule has 0 aliphatic carbocycles. The van der Waals surface area contributed by atoms with Crippen molar-refractivity contribution in [3.8, 4) is 0 Å². The molecule has 0 aromatic carbocycles. The highest BCUT2D eigenvalue weighted by Crippen LogP contribution is 2.22. The maximum Gasteiger partial charge on any atom is 0.260 e. The Kier molecular flexibility index (Phi) is 4.59. The fraction of sp³-hybridized carbons (Fsp3) is 0.750. The van der Waals surface area contributed by atoms with Crippen molar-refractivity contribution >= 4 is 10.0 Å². The van der Waals surface area contributed by atoms with Crippen molar-refractivity contribution in [2.24, 2.45) is 5.92 Å². The monoisotopic (exact) mass is 286 g/mol. The number of aryl methyl sites for hydroxylation is 1.